The molecule has 1 aromatic carbocycles. The second-order valence-electron chi connectivity index (χ2n) is 6.90. The van der Waals surface area contributed by atoms with Gasteiger partial charge in [-0.3, -0.25) is 0 Å². The molecule has 0 aliphatic heterocycles. The number of benzene rings is 1. The zero-order chi connectivity index (χ0) is 16.6. The SMILES string of the molecule is Cc1cc(O)c(C2(C(F)(F)C(F)(F)F)CC2)cc1C1(C)CC1. The van der Waals surface area contributed by atoms with Gasteiger partial charge in [0.15, 0.2) is 0 Å². The van der Waals surface area contributed by atoms with E-state index in [0.29, 0.717) is 0 Å². The van der Waals surface area contributed by atoms with E-state index in [1.165, 1.54) is 12.1 Å². The van der Waals surface area contributed by atoms with Crippen LogP contribution in [0.5, 0.6) is 5.75 Å². The van der Waals surface area contributed by atoms with E-state index in [2.05, 4.69) is 0 Å². The zero-order valence-electron chi connectivity index (χ0n) is 12.3. The molecule has 1 nitrogen and oxygen atoms in total. The van der Waals surface area contributed by atoms with Crippen molar-refractivity contribution in [2.24, 2.45) is 0 Å². The summed E-state index contributed by atoms with van der Waals surface area (Å²) in [4.78, 5) is 0. The molecule has 0 unspecified atom stereocenters. The van der Waals surface area contributed by atoms with Crippen LogP contribution in [0.2, 0.25) is 0 Å². The third kappa shape index (κ3) is 1.95. The first kappa shape index (κ1) is 15.6. The van der Waals surface area contributed by atoms with Gasteiger partial charge in [0.05, 0.1) is 5.41 Å². The highest BCUT2D eigenvalue weighted by molar-refractivity contribution is 5.52. The number of halogens is 5. The Balaban J connectivity index is 2.13. The second-order valence-corrected chi connectivity index (χ2v) is 6.90. The first-order valence-electron chi connectivity index (χ1n) is 7.24. The Bertz CT molecular complexity index is 624. The summed E-state index contributed by atoms with van der Waals surface area (Å²) in [6, 6.07) is 2.70. The van der Waals surface area contributed by atoms with Gasteiger partial charge in [-0.15, -0.1) is 0 Å². The second kappa shape index (κ2) is 4.15. The van der Waals surface area contributed by atoms with Gasteiger partial charge in [-0.2, -0.15) is 22.0 Å². The van der Waals surface area contributed by atoms with E-state index in [0.717, 1.165) is 24.0 Å². The molecule has 122 valence electrons. The van der Waals surface area contributed by atoms with Gasteiger partial charge in [-0.05, 0) is 55.2 Å². The molecule has 2 aliphatic rings. The Kier molecular flexibility index (Phi) is 2.93. The van der Waals surface area contributed by atoms with Crippen molar-refractivity contribution in [2.75, 3.05) is 0 Å². The minimum Gasteiger partial charge on any atom is -0.508 e. The van der Waals surface area contributed by atoms with Crippen molar-refractivity contribution < 1.29 is 27.1 Å². The highest BCUT2D eigenvalue weighted by atomic mass is 19.4. The highest BCUT2D eigenvalue weighted by Crippen LogP contribution is 2.65. The molecule has 2 aliphatic carbocycles. The number of phenolic OH excluding ortho intramolecular Hbond substituents is 1. The third-order valence-electron chi connectivity index (χ3n) is 5.22. The summed E-state index contributed by atoms with van der Waals surface area (Å²) >= 11 is 0. The standard InChI is InChI=1S/C16H17F5O/c1-9-7-12(22)11(8-10(9)13(2)3-4-13)14(5-6-14)15(17,18)16(19,20)21/h7-8,22H,3-6H2,1-2H3. The summed E-state index contributed by atoms with van der Waals surface area (Å²) in [7, 11) is 0. The van der Waals surface area contributed by atoms with Crippen LogP contribution in [-0.4, -0.2) is 17.2 Å². The lowest BCUT2D eigenvalue weighted by molar-refractivity contribution is -0.296. The van der Waals surface area contributed by atoms with Crippen LogP contribution < -0.4 is 0 Å². The summed E-state index contributed by atoms with van der Waals surface area (Å²) in [6.07, 6.45) is -4.41. The molecule has 2 fully saturated rings. The minimum absolute atomic E-state index is 0.171. The van der Waals surface area contributed by atoms with Crippen LogP contribution in [0.3, 0.4) is 0 Å². The summed E-state index contributed by atoms with van der Waals surface area (Å²) in [5.41, 5.74) is -1.25. The van der Waals surface area contributed by atoms with Crippen LogP contribution in [0.1, 0.15) is 49.3 Å². The van der Waals surface area contributed by atoms with Crippen molar-refractivity contribution in [3.63, 3.8) is 0 Å². The van der Waals surface area contributed by atoms with Gasteiger partial charge in [-0.25, -0.2) is 0 Å². The molecule has 0 heterocycles. The Morgan fingerprint density at radius 1 is 0.955 bits per heavy atom. The predicted octanol–water partition coefficient (Wildman–Crippen LogP) is 4.98. The van der Waals surface area contributed by atoms with E-state index in [9.17, 15) is 27.1 Å². The van der Waals surface area contributed by atoms with Crippen molar-refractivity contribution in [1.29, 1.82) is 0 Å². The van der Waals surface area contributed by atoms with E-state index < -0.39 is 23.3 Å². The van der Waals surface area contributed by atoms with Gasteiger partial charge >= 0.3 is 12.1 Å². The topological polar surface area (TPSA) is 20.2 Å². The molecule has 6 heteroatoms. The van der Waals surface area contributed by atoms with Gasteiger partial charge < -0.3 is 5.11 Å². The van der Waals surface area contributed by atoms with Crippen LogP contribution in [0.4, 0.5) is 22.0 Å². The number of rotatable bonds is 3. The number of alkyl halides is 5. The van der Waals surface area contributed by atoms with E-state index in [1.54, 1.807) is 6.92 Å². The van der Waals surface area contributed by atoms with E-state index in [4.69, 9.17) is 0 Å². The van der Waals surface area contributed by atoms with Crippen molar-refractivity contribution in [3.8, 4) is 5.75 Å². The number of aryl methyl sites for hydroxylation is 1. The monoisotopic (exact) mass is 320 g/mol. The van der Waals surface area contributed by atoms with Crippen molar-refractivity contribution >= 4 is 0 Å². The maximum absolute atomic E-state index is 13.9. The van der Waals surface area contributed by atoms with Crippen molar-refractivity contribution in [3.05, 3.63) is 28.8 Å². The number of aromatic hydroxyl groups is 1. The average molecular weight is 320 g/mol. The van der Waals surface area contributed by atoms with Crippen LogP contribution in [0, 0.1) is 6.92 Å². The molecule has 1 aromatic rings. The van der Waals surface area contributed by atoms with E-state index in [-0.39, 0.29) is 23.8 Å². The molecule has 22 heavy (non-hydrogen) atoms. The molecule has 0 bridgehead atoms. The summed E-state index contributed by atoms with van der Waals surface area (Å²) in [5.74, 6) is -5.30. The first-order chi connectivity index (χ1) is 9.95. The zero-order valence-corrected chi connectivity index (χ0v) is 12.3. The molecule has 0 atom stereocenters. The third-order valence-corrected chi connectivity index (χ3v) is 5.22. The lowest BCUT2D eigenvalue weighted by Gasteiger charge is -2.30. The lowest BCUT2D eigenvalue weighted by Crippen LogP contribution is -2.47. The molecular formula is C16H17F5O. The number of hydrogen-bond acceptors (Lipinski definition) is 1. The predicted molar refractivity (Wildman–Crippen MR) is 71.3 cm³/mol. The number of hydrogen-bond donors (Lipinski definition) is 1. The van der Waals surface area contributed by atoms with E-state index >= 15 is 0 Å². The maximum Gasteiger partial charge on any atom is 0.454 e. The highest BCUT2D eigenvalue weighted by Gasteiger charge is 2.75. The lowest BCUT2D eigenvalue weighted by atomic mass is 9.83. The van der Waals surface area contributed by atoms with Crippen LogP contribution in [0.15, 0.2) is 12.1 Å². The summed E-state index contributed by atoms with van der Waals surface area (Å²) in [6.45, 7) is 3.70. The van der Waals surface area contributed by atoms with Gasteiger partial charge in [0, 0.05) is 5.56 Å². The maximum atomic E-state index is 13.9. The molecule has 0 amide bonds. The molecule has 0 aromatic heterocycles. The molecule has 0 radical (unpaired) electrons. The van der Waals surface area contributed by atoms with Crippen molar-refractivity contribution in [1.82, 2.24) is 0 Å². The van der Waals surface area contributed by atoms with Gasteiger partial charge in [0.25, 0.3) is 0 Å². The molecule has 0 spiro atoms. The Hall–Kier alpha value is -1.33. The number of phenols is 1. The molecule has 0 saturated heterocycles. The fourth-order valence-electron chi connectivity index (χ4n) is 3.33. The normalized spacial score (nSPS) is 22.5. The Labute approximate surface area is 125 Å². The quantitative estimate of drug-likeness (QED) is 0.779. The van der Waals surface area contributed by atoms with Crippen molar-refractivity contribution in [2.45, 2.75) is 62.5 Å². The van der Waals surface area contributed by atoms with Gasteiger partial charge in [0.2, 0.25) is 0 Å². The fraction of sp³-hybridized carbons (Fsp3) is 0.625. The Morgan fingerprint density at radius 3 is 1.91 bits per heavy atom. The fourth-order valence-corrected chi connectivity index (χ4v) is 3.33. The Morgan fingerprint density at radius 2 is 1.50 bits per heavy atom. The van der Waals surface area contributed by atoms with Crippen LogP contribution in [0.25, 0.3) is 0 Å². The average Bonchev–Trinajstić information content (AvgIpc) is 3.25. The molecular weight excluding hydrogens is 303 g/mol. The first-order valence-corrected chi connectivity index (χ1v) is 7.24. The van der Waals surface area contributed by atoms with Gasteiger partial charge in [0.1, 0.15) is 5.75 Å². The van der Waals surface area contributed by atoms with Crippen LogP contribution in [-0.2, 0) is 10.8 Å². The van der Waals surface area contributed by atoms with Crippen LogP contribution >= 0.6 is 0 Å². The summed E-state index contributed by atoms with van der Waals surface area (Å²) in [5, 5.41) is 10.0. The smallest absolute Gasteiger partial charge is 0.454 e. The van der Waals surface area contributed by atoms with Gasteiger partial charge in [-0.1, -0.05) is 13.0 Å². The minimum atomic E-state index is -5.62. The largest absolute Gasteiger partial charge is 0.508 e. The molecule has 2 saturated carbocycles. The van der Waals surface area contributed by atoms with E-state index in [1.807, 2.05) is 6.92 Å². The molecule has 1 N–H and O–H groups in total. The molecule has 3 rings (SSSR count). The summed E-state index contributed by atoms with van der Waals surface area (Å²) < 4.78 is 66.2.